The molecule has 1 aliphatic rings. The van der Waals surface area contributed by atoms with Crippen LogP contribution in [0.5, 0.6) is 0 Å². The lowest BCUT2D eigenvalue weighted by atomic mass is 10.1. The van der Waals surface area contributed by atoms with E-state index < -0.39 is 6.04 Å². The predicted octanol–water partition coefficient (Wildman–Crippen LogP) is 2.31. The van der Waals surface area contributed by atoms with Crippen LogP contribution in [0.25, 0.3) is 0 Å². The number of hydrogen-bond donors (Lipinski definition) is 1. The highest BCUT2D eigenvalue weighted by Gasteiger charge is 2.29. The normalized spacial score (nSPS) is 20.1. The minimum atomic E-state index is -0.391. The van der Waals surface area contributed by atoms with E-state index in [0.29, 0.717) is 19.4 Å². The lowest BCUT2D eigenvalue weighted by Crippen LogP contribution is -2.44. The molecule has 2 rings (SSSR count). The van der Waals surface area contributed by atoms with Crippen molar-refractivity contribution in [2.75, 3.05) is 11.4 Å². The molecule has 0 saturated carbocycles. The first-order valence-corrected chi connectivity index (χ1v) is 7.56. The number of carbonyl (C=O) groups excluding carboxylic acids is 2. The Morgan fingerprint density at radius 2 is 2.21 bits per heavy atom. The third-order valence-electron chi connectivity index (χ3n) is 3.16. The van der Waals surface area contributed by atoms with Crippen molar-refractivity contribution in [2.45, 2.75) is 32.2 Å². The van der Waals surface area contributed by atoms with Gasteiger partial charge in [-0.2, -0.15) is 0 Å². The molecule has 1 aromatic carbocycles. The topological polar surface area (TPSA) is 49.4 Å². The van der Waals surface area contributed by atoms with E-state index in [1.165, 1.54) is 0 Å². The second-order valence-corrected chi connectivity index (χ2v) is 5.87. The second kappa shape index (κ2) is 6.36. The average molecular weight is 372 g/mol. The van der Waals surface area contributed by atoms with Gasteiger partial charge in [0.15, 0.2) is 0 Å². The van der Waals surface area contributed by atoms with Gasteiger partial charge in [-0.05, 0) is 47.2 Å². The molecule has 1 heterocycles. The predicted molar refractivity (Wildman–Crippen MR) is 83.0 cm³/mol. The van der Waals surface area contributed by atoms with Crippen LogP contribution < -0.4 is 10.2 Å². The zero-order chi connectivity index (χ0) is 13.8. The molecule has 19 heavy (non-hydrogen) atoms. The van der Waals surface area contributed by atoms with Crippen LogP contribution in [0, 0.1) is 3.57 Å². The number of hydrogen-bond acceptors (Lipinski definition) is 2. The number of rotatable bonds is 3. The minimum absolute atomic E-state index is 0.00491. The van der Waals surface area contributed by atoms with Crippen molar-refractivity contribution in [1.29, 1.82) is 0 Å². The van der Waals surface area contributed by atoms with Gasteiger partial charge < -0.3 is 10.2 Å². The molecule has 1 aliphatic heterocycles. The molecule has 0 radical (unpaired) electrons. The van der Waals surface area contributed by atoms with E-state index in [1.54, 1.807) is 4.90 Å². The van der Waals surface area contributed by atoms with E-state index >= 15 is 0 Å². The summed E-state index contributed by atoms with van der Waals surface area (Å²) in [5.74, 6) is -0.0466. The van der Waals surface area contributed by atoms with Crippen LogP contribution in [0.3, 0.4) is 0 Å². The maximum atomic E-state index is 12.5. The van der Waals surface area contributed by atoms with Crippen molar-refractivity contribution in [3.05, 3.63) is 27.8 Å². The highest BCUT2D eigenvalue weighted by molar-refractivity contribution is 14.1. The van der Waals surface area contributed by atoms with Gasteiger partial charge in [-0.25, -0.2) is 0 Å². The molecule has 1 N–H and O–H groups in total. The molecule has 1 aromatic rings. The first kappa shape index (κ1) is 14.3. The summed E-state index contributed by atoms with van der Waals surface area (Å²) in [6.45, 7) is 2.46. The maximum absolute atomic E-state index is 12.5. The van der Waals surface area contributed by atoms with Crippen LogP contribution in [0.1, 0.15) is 26.2 Å². The van der Waals surface area contributed by atoms with Gasteiger partial charge in [0.05, 0.1) is 0 Å². The Bertz CT molecular complexity index is 490. The fraction of sp³-hybridized carbons (Fsp3) is 0.429. The first-order valence-electron chi connectivity index (χ1n) is 6.48. The van der Waals surface area contributed by atoms with E-state index in [-0.39, 0.29) is 11.8 Å². The van der Waals surface area contributed by atoms with E-state index in [2.05, 4.69) is 27.9 Å². The fourth-order valence-electron chi connectivity index (χ4n) is 2.22. The molecular formula is C14H17IN2O2. The lowest BCUT2D eigenvalue weighted by Gasteiger charge is -2.24. The van der Waals surface area contributed by atoms with Gasteiger partial charge in [-0.3, -0.25) is 9.59 Å². The van der Waals surface area contributed by atoms with E-state index in [0.717, 1.165) is 15.7 Å². The fourth-order valence-corrected chi connectivity index (χ4v) is 2.75. The molecular weight excluding hydrogens is 355 g/mol. The Kier molecular flexibility index (Phi) is 4.79. The summed E-state index contributed by atoms with van der Waals surface area (Å²) in [6, 6.07) is 7.41. The molecule has 5 heteroatoms. The average Bonchev–Trinajstić information content (AvgIpc) is 2.51. The molecule has 0 spiro atoms. The van der Waals surface area contributed by atoms with E-state index in [1.807, 2.05) is 31.2 Å². The number of benzene rings is 1. The van der Waals surface area contributed by atoms with Gasteiger partial charge in [0.2, 0.25) is 11.8 Å². The zero-order valence-corrected chi connectivity index (χ0v) is 13.0. The zero-order valence-electron chi connectivity index (χ0n) is 10.9. The summed E-state index contributed by atoms with van der Waals surface area (Å²) in [7, 11) is 0. The Balaban J connectivity index is 2.28. The van der Waals surface area contributed by atoms with Crippen molar-refractivity contribution in [3.8, 4) is 0 Å². The number of amides is 2. The standard InChI is InChI=1S/C14H17IN2O2/c1-2-4-12-14(19)17(8-7-13(18)16-12)11-6-3-5-10(15)9-11/h3,5-6,9,12H,2,4,7-8H2,1H3,(H,16,18). The summed E-state index contributed by atoms with van der Waals surface area (Å²) >= 11 is 2.22. The van der Waals surface area contributed by atoms with E-state index in [4.69, 9.17) is 0 Å². The smallest absolute Gasteiger partial charge is 0.249 e. The quantitative estimate of drug-likeness (QED) is 0.828. The SMILES string of the molecule is CCCC1NC(=O)CCN(c2cccc(I)c2)C1=O. The van der Waals surface area contributed by atoms with Crippen LogP contribution in [0.15, 0.2) is 24.3 Å². The van der Waals surface area contributed by atoms with Gasteiger partial charge >= 0.3 is 0 Å². The van der Waals surface area contributed by atoms with Crippen molar-refractivity contribution in [1.82, 2.24) is 5.32 Å². The summed E-state index contributed by atoms with van der Waals surface area (Å²) in [6.07, 6.45) is 1.92. The van der Waals surface area contributed by atoms with Gasteiger partial charge in [-0.15, -0.1) is 0 Å². The Morgan fingerprint density at radius 1 is 1.42 bits per heavy atom. The van der Waals surface area contributed by atoms with Crippen molar-refractivity contribution >= 4 is 40.1 Å². The van der Waals surface area contributed by atoms with Crippen LogP contribution in [-0.4, -0.2) is 24.4 Å². The first-order chi connectivity index (χ1) is 9.11. The Labute approximate surface area is 126 Å². The van der Waals surface area contributed by atoms with Crippen molar-refractivity contribution in [3.63, 3.8) is 0 Å². The number of carbonyl (C=O) groups is 2. The Hall–Kier alpha value is -1.11. The van der Waals surface area contributed by atoms with Gasteiger partial charge in [0.1, 0.15) is 6.04 Å². The molecule has 0 aromatic heterocycles. The largest absolute Gasteiger partial charge is 0.344 e. The highest BCUT2D eigenvalue weighted by atomic mass is 127. The molecule has 102 valence electrons. The Morgan fingerprint density at radius 3 is 2.89 bits per heavy atom. The molecule has 1 fully saturated rings. The van der Waals surface area contributed by atoms with Gasteiger partial charge in [0.25, 0.3) is 0 Å². The van der Waals surface area contributed by atoms with Crippen LogP contribution in [0.4, 0.5) is 5.69 Å². The van der Waals surface area contributed by atoms with Crippen molar-refractivity contribution in [2.24, 2.45) is 0 Å². The van der Waals surface area contributed by atoms with E-state index in [9.17, 15) is 9.59 Å². The second-order valence-electron chi connectivity index (χ2n) is 4.63. The lowest BCUT2D eigenvalue weighted by molar-refractivity contribution is -0.125. The number of halogens is 1. The maximum Gasteiger partial charge on any atom is 0.249 e. The summed E-state index contributed by atoms with van der Waals surface area (Å²) in [5.41, 5.74) is 0.870. The molecule has 2 amide bonds. The molecule has 0 aliphatic carbocycles. The van der Waals surface area contributed by atoms with Crippen molar-refractivity contribution < 1.29 is 9.59 Å². The van der Waals surface area contributed by atoms with Crippen LogP contribution in [-0.2, 0) is 9.59 Å². The number of nitrogens with one attached hydrogen (secondary N) is 1. The molecule has 1 unspecified atom stereocenters. The number of nitrogens with zero attached hydrogens (tertiary/aromatic N) is 1. The number of anilines is 1. The third kappa shape index (κ3) is 3.46. The molecule has 4 nitrogen and oxygen atoms in total. The summed E-state index contributed by atoms with van der Waals surface area (Å²) < 4.78 is 1.08. The molecule has 1 saturated heterocycles. The highest BCUT2D eigenvalue weighted by Crippen LogP contribution is 2.21. The monoisotopic (exact) mass is 372 g/mol. The molecule has 1 atom stereocenters. The summed E-state index contributed by atoms with van der Waals surface area (Å²) in [5, 5.41) is 2.81. The van der Waals surface area contributed by atoms with Crippen LogP contribution >= 0.6 is 22.6 Å². The van der Waals surface area contributed by atoms with Crippen LogP contribution in [0.2, 0.25) is 0 Å². The minimum Gasteiger partial charge on any atom is -0.344 e. The summed E-state index contributed by atoms with van der Waals surface area (Å²) in [4.78, 5) is 25.9. The van der Waals surface area contributed by atoms with Gasteiger partial charge in [-0.1, -0.05) is 19.4 Å². The molecule has 0 bridgehead atoms. The van der Waals surface area contributed by atoms with Gasteiger partial charge in [0, 0.05) is 22.2 Å². The third-order valence-corrected chi connectivity index (χ3v) is 3.83.